The van der Waals surface area contributed by atoms with Gasteiger partial charge in [-0.05, 0) is 43.0 Å². The van der Waals surface area contributed by atoms with Gasteiger partial charge in [0.25, 0.3) is 5.91 Å². The van der Waals surface area contributed by atoms with Crippen molar-refractivity contribution in [3.05, 3.63) is 107 Å². The first-order chi connectivity index (χ1) is 17.9. The Balaban J connectivity index is 1.43. The zero-order valence-corrected chi connectivity index (χ0v) is 20.8. The summed E-state index contributed by atoms with van der Waals surface area (Å²) in [7, 11) is 0. The molecule has 0 bridgehead atoms. The summed E-state index contributed by atoms with van der Waals surface area (Å²) < 4.78 is 4.80. The van der Waals surface area contributed by atoms with Crippen LogP contribution in [0.3, 0.4) is 0 Å². The van der Waals surface area contributed by atoms with Crippen LogP contribution in [0.5, 0.6) is 5.75 Å². The Labute approximate surface area is 215 Å². The van der Waals surface area contributed by atoms with Crippen LogP contribution in [0, 0.1) is 6.92 Å². The zero-order valence-electron chi connectivity index (χ0n) is 20.8. The molecule has 0 aliphatic heterocycles. The molecule has 4 aromatic rings. The summed E-state index contributed by atoms with van der Waals surface area (Å²) in [4.78, 5) is 37.2. The van der Waals surface area contributed by atoms with E-state index in [0.29, 0.717) is 12.2 Å². The van der Waals surface area contributed by atoms with Crippen LogP contribution in [0.15, 0.2) is 72.9 Å². The maximum atomic E-state index is 12.5. The fourth-order valence-electron chi connectivity index (χ4n) is 3.82. The van der Waals surface area contributed by atoms with Crippen LogP contribution in [0.1, 0.15) is 45.6 Å². The summed E-state index contributed by atoms with van der Waals surface area (Å²) in [6, 6.07) is 22.3. The highest BCUT2D eigenvalue weighted by Gasteiger charge is 2.19. The first-order valence-electron chi connectivity index (χ1n) is 12.0. The van der Waals surface area contributed by atoms with Crippen molar-refractivity contribution < 1.29 is 19.4 Å². The minimum atomic E-state index is -0.672. The molecule has 2 heterocycles. The topological polar surface area (TPSA) is 114 Å². The Hall–Kier alpha value is -4.59. The van der Waals surface area contributed by atoms with Crippen molar-refractivity contribution in [3.8, 4) is 17.0 Å². The standard InChI is InChI=1S/C29H28N4O4/c1-3-37-26(34)18-31-29(36)27-28(35)19(2)32-25(33-27)16-21-9-12-23(13-10-21)24-14-11-22(17-30-24)15-20-7-5-4-6-8-20/h4-14,17,35H,3,15-16,18H2,1-2H3,(H,31,36). The van der Waals surface area contributed by atoms with Crippen molar-refractivity contribution in [3.63, 3.8) is 0 Å². The number of rotatable bonds is 9. The predicted molar refractivity (Wildman–Crippen MR) is 139 cm³/mol. The van der Waals surface area contributed by atoms with Gasteiger partial charge in [-0.25, -0.2) is 9.97 Å². The second kappa shape index (κ2) is 11.9. The normalized spacial score (nSPS) is 10.6. The van der Waals surface area contributed by atoms with Crippen molar-refractivity contribution >= 4 is 11.9 Å². The number of nitrogens with one attached hydrogen (secondary N) is 1. The predicted octanol–water partition coefficient (Wildman–Crippen LogP) is 4.03. The number of pyridine rings is 1. The molecule has 0 unspecified atom stereocenters. The molecule has 0 atom stereocenters. The molecule has 188 valence electrons. The van der Waals surface area contributed by atoms with E-state index in [4.69, 9.17) is 4.74 Å². The van der Waals surface area contributed by atoms with Crippen LogP contribution in [0.25, 0.3) is 11.3 Å². The van der Waals surface area contributed by atoms with Crippen molar-refractivity contribution in [2.75, 3.05) is 13.2 Å². The number of ether oxygens (including phenoxy) is 1. The number of carbonyl (C=O) groups is 2. The minimum Gasteiger partial charge on any atom is -0.504 e. The van der Waals surface area contributed by atoms with E-state index >= 15 is 0 Å². The van der Waals surface area contributed by atoms with Gasteiger partial charge in [0.1, 0.15) is 12.4 Å². The number of aryl methyl sites for hydroxylation is 1. The lowest BCUT2D eigenvalue weighted by molar-refractivity contribution is -0.141. The number of hydrogen-bond acceptors (Lipinski definition) is 7. The summed E-state index contributed by atoms with van der Waals surface area (Å²) in [5.41, 5.74) is 5.29. The molecule has 0 aliphatic rings. The highest BCUT2D eigenvalue weighted by molar-refractivity contribution is 5.96. The molecule has 0 saturated heterocycles. The Morgan fingerprint density at radius 3 is 2.27 bits per heavy atom. The fourth-order valence-corrected chi connectivity index (χ4v) is 3.82. The highest BCUT2D eigenvalue weighted by atomic mass is 16.5. The Kier molecular flexibility index (Phi) is 8.20. The summed E-state index contributed by atoms with van der Waals surface area (Å²) >= 11 is 0. The molecule has 0 spiro atoms. The number of esters is 1. The van der Waals surface area contributed by atoms with Gasteiger partial charge in [-0.3, -0.25) is 14.6 Å². The smallest absolute Gasteiger partial charge is 0.325 e. The molecule has 1 amide bonds. The molecule has 0 fully saturated rings. The van der Waals surface area contributed by atoms with E-state index < -0.39 is 11.9 Å². The number of hydrogen-bond donors (Lipinski definition) is 2. The molecule has 2 aromatic heterocycles. The SMILES string of the molecule is CCOC(=O)CNC(=O)c1nc(Cc2ccc(-c3ccc(Cc4ccccc4)cn3)cc2)nc(C)c1O. The summed E-state index contributed by atoms with van der Waals surface area (Å²) in [5, 5.41) is 12.7. The lowest BCUT2D eigenvalue weighted by atomic mass is 10.0. The van der Waals surface area contributed by atoms with Crippen molar-refractivity contribution in [1.82, 2.24) is 20.3 Å². The summed E-state index contributed by atoms with van der Waals surface area (Å²) in [6.45, 7) is 3.18. The van der Waals surface area contributed by atoms with E-state index in [-0.39, 0.29) is 30.3 Å². The van der Waals surface area contributed by atoms with Crippen molar-refractivity contribution in [1.29, 1.82) is 0 Å². The third-order valence-corrected chi connectivity index (χ3v) is 5.71. The maximum Gasteiger partial charge on any atom is 0.325 e. The van der Waals surface area contributed by atoms with Crippen LogP contribution in [0.2, 0.25) is 0 Å². The molecular formula is C29H28N4O4. The van der Waals surface area contributed by atoms with Gasteiger partial charge in [0.05, 0.1) is 18.0 Å². The largest absolute Gasteiger partial charge is 0.504 e. The van der Waals surface area contributed by atoms with Crippen LogP contribution in [-0.4, -0.2) is 45.1 Å². The van der Waals surface area contributed by atoms with E-state index in [1.54, 1.807) is 13.8 Å². The Morgan fingerprint density at radius 2 is 1.59 bits per heavy atom. The van der Waals surface area contributed by atoms with E-state index in [0.717, 1.165) is 28.8 Å². The highest BCUT2D eigenvalue weighted by Crippen LogP contribution is 2.22. The quantitative estimate of drug-likeness (QED) is 0.336. The third kappa shape index (κ3) is 6.76. The van der Waals surface area contributed by atoms with E-state index in [1.165, 1.54) is 5.56 Å². The number of nitrogens with zero attached hydrogens (tertiary/aromatic N) is 3. The second-order valence-corrected chi connectivity index (χ2v) is 8.50. The van der Waals surface area contributed by atoms with E-state index in [2.05, 4.69) is 38.5 Å². The van der Waals surface area contributed by atoms with Crippen LogP contribution in [-0.2, 0) is 22.4 Å². The number of carbonyl (C=O) groups excluding carboxylic acids is 2. The average molecular weight is 497 g/mol. The number of benzene rings is 2. The monoisotopic (exact) mass is 496 g/mol. The molecule has 2 N–H and O–H groups in total. The number of aromatic hydroxyl groups is 1. The van der Waals surface area contributed by atoms with Crippen LogP contribution in [0.4, 0.5) is 0 Å². The molecule has 0 radical (unpaired) electrons. The van der Waals surface area contributed by atoms with Crippen molar-refractivity contribution in [2.45, 2.75) is 26.7 Å². The average Bonchev–Trinajstić information content (AvgIpc) is 2.91. The summed E-state index contributed by atoms with van der Waals surface area (Å²) in [6.07, 6.45) is 3.10. The molecule has 8 nitrogen and oxygen atoms in total. The van der Waals surface area contributed by atoms with Gasteiger partial charge < -0.3 is 15.2 Å². The minimum absolute atomic E-state index is 0.178. The molecule has 2 aromatic carbocycles. The van der Waals surface area contributed by atoms with Crippen LogP contribution >= 0.6 is 0 Å². The first-order valence-corrected chi connectivity index (χ1v) is 12.0. The molecule has 0 saturated carbocycles. The van der Waals surface area contributed by atoms with Gasteiger partial charge in [0.2, 0.25) is 0 Å². The Morgan fingerprint density at radius 1 is 0.892 bits per heavy atom. The van der Waals surface area contributed by atoms with Gasteiger partial charge in [0.15, 0.2) is 11.4 Å². The van der Waals surface area contributed by atoms with Gasteiger partial charge in [0, 0.05) is 18.2 Å². The molecule has 37 heavy (non-hydrogen) atoms. The van der Waals surface area contributed by atoms with Gasteiger partial charge in [-0.15, -0.1) is 0 Å². The number of amides is 1. The maximum absolute atomic E-state index is 12.5. The second-order valence-electron chi connectivity index (χ2n) is 8.50. The molecule has 8 heteroatoms. The molecular weight excluding hydrogens is 468 g/mol. The molecule has 0 aliphatic carbocycles. The third-order valence-electron chi connectivity index (χ3n) is 5.71. The lowest BCUT2D eigenvalue weighted by Gasteiger charge is -2.10. The number of aromatic nitrogens is 3. The summed E-state index contributed by atoms with van der Waals surface area (Å²) in [5.74, 6) is -1.17. The van der Waals surface area contributed by atoms with E-state index in [9.17, 15) is 14.7 Å². The van der Waals surface area contributed by atoms with Gasteiger partial charge in [-0.2, -0.15) is 0 Å². The fraction of sp³-hybridized carbons (Fsp3) is 0.207. The van der Waals surface area contributed by atoms with Crippen LogP contribution < -0.4 is 5.32 Å². The molecule has 4 rings (SSSR count). The first kappa shape index (κ1) is 25.5. The van der Waals surface area contributed by atoms with E-state index in [1.807, 2.05) is 54.7 Å². The van der Waals surface area contributed by atoms with Gasteiger partial charge >= 0.3 is 5.97 Å². The van der Waals surface area contributed by atoms with Gasteiger partial charge in [-0.1, -0.05) is 60.7 Å². The Bertz CT molecular complexity index is 1370. The zero-order chi connectivity index (χ0) is 26.2. The van der Waals surface area contributed by atoms with Crippen molar-refractivity contribution in [2.24, 2.45) is 0 Å². The lowest BCUT2D eigenvalue weighted by Crippen LogP contribution is -2.31.